The van der Waals surface area contributed by atoms with Crippen LogP contribution in [0.1, 0.15) is 52.5 Å². The fourth-order valence-electron chi connectivity index (χ4n) is 2.75. The summed E-state index contributed by atoms with van der Waals surface area (Å²) in [5.41, 5.74) is 1.62. The predicted molar refractivity (Wildman–Crippen MR) is 91.8 cm³/mol. The molecule has 0 aliphatic heterocycles. The van der Waals surface area contributed by atoms with Gasteiger partial charge in [-0.3, -0.25) is 0 Å². The number of hydrogen-bond acceptors (Lipinski definition) is 2. The van der Waals surface area contributed by atoms with Gasteiger partial charge in [0.05, 0.1) is 0 Å². The molecule has 2 nitrogen and oxygen atoms in total. The third-order valence-corrected chi connectivity index (χ3v) is 4.15. The topological polar surface area (TPSA) is 21.3 Å². The number of nitrogens with one attached hydrogen (secondary N) is 1. The van der Waals surface area contributed by atoms with E-state index >= 15 is 0 Å². The first-order valence-corrected chi connectivity index (χ1v) is 8.48. The summed E-state index contributed by atoms with van der Waals surface area (Å²) in [5.74, 6) is 0.687. The quantitative estimate of drug-likeness (QED) is 0.610. The monoisotopic (exact) mass is 291 g/mol. The molecule has 1 atom stereocenters. The summed E-state index contributed by atoms with van der Waals surface area (Å²) < 4.78 is 5.76. The zero-order valence-corrected chi connectivity index (χ0v) is 14.3. The van der Waals surface area contributed by atoms with E-state index in [0.717, 1.165) is 45.6 Å². The Morgan fingerprint density at radius 1 is 1.10 bits per heavy atom. The molecule has 0 radical (unpaired) electrons. The molecule has 0 aliphatic carbocycles. The lowest BCUT2D eigenvalue weighted by Crippen LogP contribution is -2.40. The average Bonchev–Trinajstić information content (AvgIpc) is 2.50. The van der Waals surface area contributed by atoms with E-state index in [1.807, 2.05) is 0 Å². The molecule has 0 bridgehead atoms. The largest absolute Gasteiger partial charge is 0.381 e. The molecule has 1 rings (SSSR count). The number of ether oxygens (including phenoxy) is 1. The van der Waals surface area contributed by atoms with Gasteiger partial charge in [-0.25, -0.2) is 0 Å². The maximum Gasteiger partial charge on any atom is 0.0475 e. The lowest BCUT2D eigenvalue weighted by atomic mass is 9.75. The summed E-state index contributed by atoms with van der Waals surface area (Å²) in [7, 11) is 0. The fraction of sp³-hybridized carbons (Fsp3) is 0.684. The van der Waals surface area contributed by atoms with Gasteiger partial charge < -0.3 is 10.1 Å². The van der Waals surface area contributed by atoms with Crippen molar-refractivity contribution in [3.05, 3.63) is 35.9 Å². The molecular formula is C19H33NO. The third-order valence-electron chi connectivity index (χ3n) is 4.15. The van der Waals surface area contributed by atoms with E-state index in [1.54, 1.807) is 0 Å². The van der Waals surface area contributed by atoms with Gasteiger partial charge in [-0.2, -0.15) is 0 Å². The highest BCUT2D eigenvalue weighted by Gasteiger charge is 2.29. The smallest absolute Gasteiger partial charge is 0.0475 e. The first-order chi connectivity index (χ1) is 10.1. The van der Waals surface area contributed by atoms with Crippen LogP contribution in [-0.2, 0) is 10.2 Å². The Labute approximate surface area is 131 Å². The average molecular weight is 291 g/mol. The van der Waals surface area contributed by atoms with Crippen molar-refractivity contribution >= 4 is 0 Å². The van der Waals surface area contributed by atoms with Gasteiger partial charge in [-0.05, 0) is 37.3 Å². The molecule has 0 aromatic heterocycles. The molecule has 0 spiro atoms. The lowest BCUT2D eigenvalue weighted by Gasteiger charge is -2.34. The molecular weight excluding hydrogens is 258 g/mol. The molecule has 0 heterocycles. The molecule has 21 heavy (non-hydrogen) atoms. The summed E-state index contributed by atoms with van der Waals surface area (Å²) >= 11 is 0. The van der Waals surface area contributed by atoms with E-state index in [-0.39, 0.29) is 5.41 Å². The molecule has 0 fully saturated rings. The van der Waals surface area contributed by atoms with Gasteiger partial charge in [0.15, 0.2) is 0 Å². The third kappa shape index (κ3) is 6.19. The summed E-state index contributed by atoms with van der Waals surface area (Å²) in [6.45, 7) is 12.8. The van der Waals surface area contributed by atoms with Crippen LogP contribution in [0.4, 0.5) is 0 Å². The van der Waals surface area contributed by atoms with Crippen molar-refractivity contribution < 1.29 is 4.74 Å². The van der Waals surface area contributed by atoms with E-state index in [4.69, 9.17) is 4.74 Å². The number of rotatable bonds is 11. The van der Waals surface area contributed by atoms with Gasteiger partial charge >= 0.3 is 0 Å². The van der Waals surface area contributed by atoms with Crippen LogP contribution >= 0.6 is 0 Å². The molecule has 1 unspecified atom stereocenters. The van der Waals surface area contributed by atoms with E-state index in [1.165, 1.54) is 5.56 Å². The van der Waals surface area contributed by atoms with Crippen LogP contribution in [0, 0.1) is 5.92 Å². The van der Waals surface area contributed by atoms with Gasteiger partial charge in [-0.1, -0.05) is 58.0 Å². The van der Waals surface area contributed by atoms with E-state index in [0.29, 0.717) is 5.92 Å². The van der Waals surface area contributed by atoms with Crippen molar-refractivity contribution in [1.29, 1.82) is 0 Å². The van der Waals surface area contributed by atoms with Crippen LogP contribution in [0.3, 0.4) is 0 Å². The molecule has 0 saturated heterocycles. The Balaban J connectivity index is 2.74. The second kappa shape index (κ2) is 9.97. The van der Waals surface area contributed by atoms with Gasteiger partial charge in [0.2, 0.25) is 0 Å². The maximum atomic E-state index is 5.76. The van der Waals surface area contributed by atoms with Crippen LogP contribution < -0.4 is 5.32 Å². The van der Waals surface area contributed by atoms with Crippen molar-refractivity contribution in [2.75, 3.05) is 26.3 Å². The second-order valence-corrected chi connectivity index (χ2v) is 6.39. The molecule has 2 heteroatoms. The Bertz CT molecular complexity index is 363. The van der Waals surface area contributed by atoms with Crippen LogP contribution in [0.5, 0.6) is 0 Å². The van der Waals surface area contributed by atoms with Crippen LogP contribution in [0.2, 0.25) is 0 Å². The number of hydrogen-bond donors (Lipinski definition) is 1. The van der Waals surface area contributed by atoms with Crippen molar-refractivity contribution in [3.63, 3.8) is 0 Å². The Morgan fingerprint density at radius 3 is 2.38 bits per heavy atom. The van der Waals surface area contributed by atoms with Gasteiger partial charge in [0.25, 0.3) is 0 Å². The van der Waals surface area contributed by atoms with E-state index in [2.05, 4.69) is 63.3 Å². The van der Waals surface area contributed by atoms with Gasteiger partial charge in [-0.15, -0.1) is 0 Å². The highest BCUT2D eigenvalue weighted by Crippen LogP contribution is 2.31. The standard InChI is InChI=1S/C19H33NO/c1-5-13-21-14-12-19(6-2,16-20-15-17(3)4)18-10-8-7-9-11-18/h7-11,17,20H,5-6,12-16H2,1-4H3. The molecule has 0 saturated carbocycles. The zero-order chi connectivity index (χ0) is 15.6. The maximum absolute atomic E-state index is 5.76. The molecule has 120 valence electrons. The normalized spacial score (nSPS) is 14.3. The molecule has 1 aromatic carbocycles. The lowest BCUT2D eigenvalue weighted by molar-refractivity contribution is 0.111. The van der Waals surface area contributed by atoms with Crippen LogP contribution in [0.15, 0.2) is 30.3 Å². The first-order valence-electron chi connectivity index (χ1n) is 8.48. The Hall–Kier alpha value is -0.860. The minimum Gasteiger partial charge on any atom is -0.381 e. The van der Waals surface area contributed by atoms with Crippen molar-refractivity contribution in [2.45, 2.75) is 52.4 Å². The van der Waals surface area contributed by atoms with E-state index < -0.39 is 0 Å². The summed E-state index contributed by atoms with van der Waals surface area (Å²) in [6.07, 6.45) is 3.31. The van der Waals surface area contributed by atoms with Crippen molar-refractivity contribution in [2.24, 2.45) is 5.92 Å². The van der Waals surface area contributed by atoms with E-state index in [9.17, 15) is 0 Å². The Kier molecular flexibility index (Phi) is 8.63. The summed E-state index contributed by atoms with van der Waals surface area (Å²) in [4.78, 5) is 0. The van der Waals surface area contributed by atoms with Gasteiger partial charge in [0.1, 0.15) is 0 Å². The second-order valence-electron chi connectivity index (χ2n) is 6.39. The number of benzene rings is 1. The summed E-state index contributed by atoms with van der Waals surface area (Å²) in [5, 5.41) is 3.66. The minimum absolute atomic E-state index is 0.184. The van der Waals surface area contributed by atoms with Crippen LogP contribution in [-0.4, -0.2) is 26.3 Å². The Morgan fingerprint density at radius 2 is 1.81 bits per heavy atom. The summed E-state index contributed by atoms with van der Waals surface area (Å²) in [6, 6.07) is 10.9. The molecule has 0 amide bonds. The minimum atomic E-state index is 0.184. The highest BCUT2D eigenvalue weighted by molar-refractivity contribution is 5.26. The van der Waals surface area contributed by atoms with Crippen molar-refractivity contribution in [1.82, 2.24) is 5.32 Å². The fourth-order valence-corrected chi connectivity index (χ4v) is 2.75. The first kappa shape index (κ1) is 18.2. The van der Waals surface area contributed by atoms with Crippen molar-refractivity contribution in [3.8, 4) is 0 Å². The molecule has 1 N–H and O–H groups in total. The van der Waals surface area contributed by atoms with Gasteiger partial charge in [0, 0.05) is 25.2 Å². The van der Waals surface area contributed by atoms with Crippen LogP contribution in [0.25, 0.3) is 0 Å². The molecule has 0 aliphatic rings. The SMILES string of the molecule is CCCOCCC(CC)(CNCC(C)C)c1ccccc1. The predicted octanol–water partition coefficient (Wildman–Crippen LogP) is 4.40. The zero-order valence-electron chi connectivity index (χ0n) is 14.3. The highest BCUT2D eigenvalue weighted by atomic mass is 16.5. The molecule has 1 aromatic rings.